The molecule has 0 radical (unpaired) electrons. The molecule has 72 valence electrons. The quantitative estimate of drug-likeness (QED) is 0.772. The lowest BCUT2D eigenvalue weighted by atomic mass is 10.1. The maximum absolute atomic E-state index is 11.8. The van der Waals surface area contributed by atoms with E-state index >= 15 is 0 Å². The lowest BCUT2D eigenvalue weighted by Gasteiger charge is -2.09. The third-order valence-corrected chi connectivity index (χ3v) is 1.63. The maximum atomic E-state index is 11.8. The Morgan fingerprint density at radius 3 is 2.46 bits per heavy atom. The predicted molar refractivity (Wildman–Crippen MR) is 44.2 cm³/mol. The molecule has 0 saturated carbocycles. The number of phenols is 1. The number of ether oxygens (including phenoxy) is 1. The molecule has 1 aromatic carbocycles. The number of hydrogen-bond donors (Lipinski definition) is 1. The van der Waals surface area contributed by atoms with E-state index in [4.69, 9.17) is 0 Å². The van der Waals surface area contributed by atoms with E-state index in [0.29, 0.717) is 5.56 Å². The van der Waals surface area contributed by atoms with Crippen molar-refractivity contribution in [1.29, 1.82) is 0 Å². The van der Waals surface area contributed by atoms with E-state index in [1.807, 2.05) is 0 Å². The van der Waals surface area contributed by atoms with Gasteiger partial charge in [-0.05, 0) is 31.0 Å². The summed E-state index contributed by atoms with van der Waals surface area (Å²) in [6.07, 6.45) is 0. The molecule has 0 fully saturated rings. The normalized spacial score (nSPS) is 10.5. The van der Waals surface area contributed by atoms with Gasteiger partial charge < -0.3 is 9.84 Å². The Balaban J connectivity index is 3.05. The minimum absolute atomic E-state index is 0.174. The molecular formula is C9H10F2O2. The van der Waals surface area contributed by atoms with Crippen molar-refractivity contribution in [3.05, 3.63) is 23.3 Å². The maximum Gasteiger partial charge on any atom is 0.387 e. The third-order valence-electron chi connectivity index (χ3n) is 1.63. The van der Waals surface area contributed by atoms with E-state index < -0.39 is 6.61 Å². The first-order valence-corrected chi connectivity index (χ1v) is 3.75. The van der Waals surface area contributed by atoms with E-state index in [1.165, 1.54) is 6.07 Å². The van der Waals surface area contributed by atoms with Crippen LogP contribution in [-0.2, 0) is 0 Å². The number of alkyl halides is 2. The molecule has 0 aliphatic heterocycles. The van der Waals surface area contributed by atoms with Gasteiger partial charge in [0, 0.05) is 0 Å². The summed E-state index contributed by atoms with van der Waals surface area (Å²) < 4.78 is 27.8. The fourth-order valence-corrected chi connectivity index (χ4v) is 1.11. The van der Waals surface area contributed by atoms with Crippen LogP contribution in [0.2, 0.25) is 0 Å². The highest BCUT2D eigenvalue weighted by Gasteiger charge is 2.11. The van der Waals surface area contributed by atoms with E-state index in [2.05, 4.69) is 4.74 Å². The molecule has 0 saturated heterocycles. The Labute approximate surface area is 74.8 Å². The van der Waals surface area contributed by atoms with Gasteiger partial charge >= 0.3 is 6.61 Å². The van der Waals surface area contributed by atoms with Gasteiger partial charge in [0.15, 0.2) is 11.5 Å². The van der Waals surface area contributed by atoms with Gasteiger partial charge in [-0.2, -0.15) is 8.78 Å². The summed E-state index contributed by atoms with van der Waals surface area (Å²) in [7, 11) is 0. The van der Waals surface area contributed by atoms with Crippen LogP contribution in [0.1, 0.15) is 11.1 Å². The second kappa shape index (κ2) is 3.60. The van der Waals surface area contributed by atoms with Crippen molar-refractivity contribution < 1.29 is 18.6 Å². The van der Waals surface area contributed by atoms with Crippen LogP contribution in [0.5, 0.6) is 11.5 Å². The molecule has 0 bridgehead atoms. The van der Waals surface area contributed by atoms with Gasteiger partial charge in [-0.3, -0.25) is 0 Å². The first-order chi connectivity index (χ1) is 6.00. The van der Waals surface area contributed by atoms with Gasteiger partial charge in [-0.15, -0.1) is 0 Å². The molecule has 13 heavy (non-hydrogen) atoms. The van der Waals surface area contributed by atoms with Crippen LogP contribution in [0.25, 0.3) is 0 Å². The molecule has 0 spiro atoms. The largest absolute Gasteiger partial charge is 0.504 e. The fourth-order valence-electron chi connectivity index (χ4n) is 1.11. The number of phenolic OH excluding ortho intramolecular Hbond substituents is 1. The van der Waals surface area contributed by atoms with Gasteiger partial charge in [0.1, 0.15) is 0 Å². The molecule has 0 aromatic heterocycles. The first kappa shape index (κ1) is 9.77. The highest BCUT2D eigenvalue weighted by Crippen LogP contribution is 2.31. The molecule has 0 aliphatic carbocycles. The highest BCUT2D eigenvalue weighted by atomic mass is 19.3. The topological polar surface area (TPSA) is 29.5 Å². The van der Waals surface area contributed by atoms with Crippen LogP contribution in [-0.4, -0.2) is 11.7 Å². The molecule has 0 aliphatic rings. The van der Waals surface area contributed by atoms with E-state index in [9.17, 15) is 13.9 Å². The number of halogens is 2. The number of aryl methyl sites for hydroxylation is 2. The summed E-state index contributed by atoms with van der Waals surface area (Å²) in [5, 5.41) is 9.31. The van der Waals surface area contributed by atoms with Crippen LogP contribution in [0.3, 0.4) is 0 Å². The first-order valence-electron chi connectivity index (χ1n) is 3.75. The number of aromatic hydroxyl groups is 1. The van der Waals surface area contributed by atoms with Crippen LogP contribution < -0.4 is 4.74 Å². The zero-order valence-electron chi connectivity index (χ0n) is 7.34. The van der Waals surface area contributed by atoms with E-state index in [1.54, 1.807) is 19.9 Å². The van der Waals surface area contributed by atoms with Crippen molar-refractivity contribution >= 4 is 0 Å². The predicted octanol–water partition coefficient (Wildman–Crippen LogP) is 2.61. The Morgan fingerprint density at radius 2 is 1.92 bits per heavy atom. The SMILES string of the molecule is Cc1cc(C)c(O)c(OC(F)F)c1. The number of rotatable bonds is 2. The lowest BCUT2D eigenvalue weighted by Crippen LogP contribution is -2.02. The van der Waals surface area contributed by atoms with Crippen molar-refractivity contribution in [3.8, 4) is 11.5 Å². The summed E-state index contributed by atoms with van der Waals surface area (Å²) in [5.74, 6) is -0.404. The van der Waals surface area contributed by atoms with Crippen LogP contribution in [0.15, 0.2) is 12.1 Å². The summed E-state index contributed by atoms with van der Waals surface area (Å²) in [5.41, 5.74) is 1.29. The van der Waals surface area contributed by atoms with Gasteiger partial charge in [-0.1, -0.05) is 6.07 Å². The third kappa shape index (κ3) is 2.31. The number of benzene rings is 1. The monoisotopic (exact) mass is 188 g/mol. The zero-order valence-corrected chi connectivity index (χ0v) is 7.34. The summed E-state index contributed by atoms with van der Waals surface area (Å²) in [6.45, 7) is 0.456. The molecule has 0 amide bonds. The van der Waals surface area contributed by atoms with Crippen LogP contribution in [0, 0.1) is 13.8 Å². The second-order valence-electron chi connectivity index (χ2n) is 2.81. The smallest absolute Gasteiger partial charge is 0.387 e. The molecule has 0 atom stereocenters. The van der Waals surface area contributed by atoms with Crippen LogP contribution in [0.4, 0.5) is 8.78 Å². The highest BCUT2D eigenvalue weighted by molar-refractivity contribution is 5.47. The van der Waals surface area contributed by atoms with Crippen LogP contribution >= 0.6 is 0 Å². The van der Waals surface area contributed by atoms with Crippen molar-refractivity contribution in [1.82, 2.24) is 0 Å². The Bertz CT molecular complexity index is 311. The Hall–Kier alpha value is -1.32. The van der Waals surface area contributed by atoms with Crippen molar-refractivity contribution in [3.63, 3.8) is 0 Å². The molecule has 1 aromatic rings. The minimum atomic E-state index is -2.91. The van der Waals surface area contributed by atoms with E-state index in [-0.39, 0.29) is 11.5 Å². The molecule has 1 rings (SSSR count). The minimum Gasteiger partial charge on any atom is -0.504 e. The van der Waals surface area contributed by atoms with Crippen molar-refractivity contribution in [2.45, 2.75) is 20.5 Å². The standard InChI is InChI=1S/C9H10F2O2/c1-5-3-6(2)8(12)7(4-5)13-9(10)11/h3-4,9,12H,1-2H3. The molecule has 1 N–H and O–H groups in total. The molecule has 2 nitrogen and oxygen atoms in total. The van der Waals surface area contributed by atoms with Crippen molar-refractivity contribution in [2.75, 3.05) is 0 Å². The van der Waals surface area contributed by atoms with Gasteiger partial charge in [0.25, 0.3) is 0 Å². The molecule has 0 unspecified atom stereocenters. The Morgan fingerprint density at radius 1 is 1.31 bits per heavy atom. The van der Waals surface area contributed by atoms with Crippen molar-refractivity contribution in [2.24, 2.45) is 0 Å². The summed E-state index contributed by atoms with van der Waals surface area (Å²) in [6, 6.07) is 3.06. The van der Waals surface area contributed by atoms with Gasteiger partial charge in [-0.25, -0.2) is 0 Å². The molecular weight excluding hydrogens is 178 g/mol. The van der Waals surface area contributed by atoms with Gasteiger partial charge in [0.2, 0.25) is 0 Å². The average molecular weight is 188 g/mol. The average Bonchev–Trinajstić information content (AvgIpc) is 1.98. The van der Waals surface area contributed by atoms with Gasteiger partial charge in [0.05, 0.1) is 0 Å². The van der Waals surface area contributed by atoms with E-state index in [0.717, 1.165) is 5.56 Å². The fraction of sp³-hybridized carbons (Fsp3) is 0.333. The summed E-state index contributed by atoms with van der Waals surface area (Å²) in [4.78, 5) is 0. The second-order valence-corrected chi connectivity index (χ2v) is 2.81. The summed E-state index contributed by atoms with van der Waals surface area (Å²) >= 11 is 0. The lowest BCUT2D eigenvalue weighted by molar-refractivity contribution is -0.0513. The zero-order chi connectivity index (χ0) is 10.0. The number of hydrogen-bond acceptors (Lipinski definition) is 2. The molecule has 0 heterocycles. The Kier molecular flexibility index (Phi) is 2.70. The molecule has 4 heteroatoms.